The molecule has 0 fully saturated rings. The van der Waals surface area contributed by atoms with Crippen molar-refractivity contribution in [2.24, 2.45) is 0 Å². The van der Waals surface area contributed by atoms with E-state index in [0.29, 0.717) is 19.4 Å². The van der Waals surface area contributed by atoms with Gasteiger partial charge in [-0.25, -0.2) is 0 Å². The molecular weight excluding hydrogens is 244 g/mol. The smallest absolute Gasteiger partial charge is 0.232 e. The van der Waals surface area contributed by atoms with Crippen LogP contribution < -0.4 is 15.4 Å². The average molecular weight is 262 g/mol. The molecular formula is C14H18N2O3. The molecule has 1 unspecified atom stereocenters. The number of ether oxygens (including phenoxy) is 1. The molecule has 1 aliphatic rings. The van der Waals surface area contributed by atoms with E-state index in [2.05, 4.69) is 10.6 Å². The lowest BCUT2D eigenvalue weighted by Gasteiger charge is -2.10. The van der Waals surface area contributed by atoms with Crippen molar-refractivity contribution in [3.8, 4) is 5.75 Å². The standard InChI is InChI=1S/C14H18N2O3/c1-3-13(17)15-7-6-10-11-8-9(19-2)4-5-12(11)16-14(10)18/h4-5,8,10H,3,6-7H2,1-2H3,(H,15,17)(H,16,18). The summed E-state index contributed by atoms with van der Waals surface area (Å²) < 4.78 is 5.17. The van der Waals surface area contributed by atoms with Gasteiger partial charge in [0.1, 0.15) is 5.75 Å². The van der Waals surface area contributed by atoms with Crippen molar-refractivity contribution < 1.29 is 14.3 Å². The van der Waals surface area contributed by atoms with Crippen LogP contribution in [0.25, 0.3) is 0 Å². The molecule has 1 aromatic rings. The number of hydrogen-bond donors (Lipinski definition) is 2. The molecule has 2 N–H and O–H groups in total. The Morgan fingerprint density at radius 3 is 2.95 bits per heavy atom. The molecule has 5 heteroatoms. The Morgan fingerprint density at radius 1 is 1.47 bits per heavy atom. The monoisotopic (exact) mass is 262 g/mol. The van der Waals surface area contributed by atoms with Gasteiger partial charge in [-0.2, -0.15) is 0 Å². The molecule has 102 valence electrons. The number of amides is 2. The minimum absolute atomic E-state index is 0.00395. The predicted octanol–water partition coefficient (Wildman–Crippen LogP) is 1.65. The number of methoxy groups -OCH3 is 1. The quantitative estimate of drug-likeness (QED) is 0.847. The van der Waals surface area contributed by atoms with Crippen LogP contribution in [0.1, 0.15) is 31.2 Å². The van der Waals surface area contributed by atoms with Crippen LogP contribution in [0.5, 0.6) is 5.75 Å². The van der Waals surface area contributed by atoms with Crippen molar-refractivity contribution >= 4 is 17.5 Å². The summed E-state index contributed by atoms with van der Waals surface area (Å²) in [6.07, 6.45) is 1.05. The molecule has 1 atom stereocenters. The van der Waals surface area contributed by atoms with Crippen LogP contribution in [0.3, 0.4) is 0 Å². The molecule has 0 saturated heterocycles. The van der Waals surface area contributed by atoms with E-state index in [4.69, 9.17) is 4.74 Å². The molecule has 0 bridgehead atoms. The predicted molar refractivity (Wildman–Crippen MR) is 72.3 cm³/mol. The van der Waals surface area contributed by atoms with Crippen molar-refractivity contribution in [2.45, 2.75) is 25.7 Å². The number of carbonyl (C=O) groups excluding carboxylic acids is 2. The lowest BCUT2D eigenvalue weighted by molar-refractivity contribution is -0.121. The number of anilines is 1. The first kappa shape index (κ1) is 13.4. The zero-order valence-corrected chi connectivity index (χ0v) is 11.2. The average Bonchev–Trinajstić information content (AvgIpc) is 2.74. The SMILES string of the molecule is CCC(=O)NCCC1C(=O)Nc2ccc(OC)cc21. The van der Waals surface area contributed by atoms with Crippen molar-refractivity contribution in [1.82, 2.24) is 5.32 Å². The third-order valence-electron chi connectivity index (χ3n) is 3.28. The highest BCUT2D eigenvalue weighted by Gasteiger charge is 2.30. The second kappa shape index (κ2) is 5.73. The summed E-state index contributed by atoms with van der Waals surface area (Å²) >= 11 is 0. The molecule has 2 amide bonds. The van der Waals surface area contributed by atoms with Crippen molar-refractivity contribution in [1.29, 1.82) is 0 Å². The van der Waals surface area contributed by atoms with Gasteiger partial charge in [0.15, 0.2) is 0 Å². The van der Waals surface area contributed by atoms with Crippen LogP contribution in [0.2, 0.25) is 0 Å². The minimum atomic E-state index is -0.220. The fourth-order valence-corrected chi connectivity index (χ4v) is 2.20. The molecule has 2 rings (SSSR count). The van der Waals surface area contributed by atoms with Crippen LogP contribution in [0.4, 0.5) is 5.69 Å². The summed E-state index contributed by atoms with van der Waals surface area (Å²) in [4.78, 5) is 23.1. The highest BCUT2D eigenvalue weighted by Crippen LogP contribution is 2.36. The first-order valence-corrected chi connectivity index (χ1v) is 6.41. The van der Waals surface area contributed by atoms with Gasteiger partial charge in [0.25, 0.3) is 0 Å². The van der Waals surface area contributed by atoms with Gasteiger partial charge in [0.2, 0.25) is 11.8 Å². The van der Waals surface area contributed by atoms with E-state index in [-0.39, 0.29) is 17.7 Å². The van der Waals surface area contributed by atoms with E-state index in [1.807, 2.05) is 18.2 Å². The second-order valence-corrected chi connectivity index (χ2v) is 4.49. The maximum atomic E-state index is 11.9. The van der Waals surface area contributed by atoms with Gasteiger partial charge in [-0.15, -0.1) is 0 Å². The van der Waals surface area contributed by atoms with E-state index in [0.717, 1.165) is 17.0 Å². The number of nitrogens with one attached hydrogen (secondary N) is 2. The minimum Gasteiger partial charge on any atom is -0.497 e. The van der Waals surface area contributed by atoms with Gasteiger partial charge < -0.3 is 15.4 Å². The Labute approximate surface area is 112 Å². The Hall–Kier alpha value is -2.04. The number of benzene rings is 1. The molecule has 1 aromatic carbocycles. The largest absolute Gasteiger partial charge is 0.497 e. The van der Waals surface area contributed by atoms with Gasteiger partial charge in [-0.05, 0) is 30.2 Å². The van der Waals surface area contributed by atoms with Gasteiger partial charge in [0, 0.05) is 18.7 Å². The Bertz CT molecular complexity index is 499. The van der Waals surface area contributed by atoms with Crippen LogP contribution in [0, 0.1) is 0 Å². The topological polar surface area (TPSA) is 67.4 Å². The fraction of sp³-hybridized carbons (Fsp3) is 0.429. The van der Waals surface area contributed by atoms with Gasteiger partial charge in [-0.3, -0.25) is 9.59 Å². The van der Waals surface area contributed by atoms with Gasteiger partial charge >= 0.3 is 0 Å². The highest BCUT2D eigenvalue weighted by atomic mass is 16.5. The first-order valence-electron chi connectivity index (χ1n) is 6.41. The maximum Gasteiger partial charge on any atom is 0.232 e. The summed E-state index contributed by atoms with van der Waals surface area (Å²) in [5.74, 6) is 0.498. The molecule has 5 nitrogen and oxygen atoms in total. The third-order valence-corrected chi connectivity index (χ3v) is 3.28. The molecule has 19 heavy (non-hydrogen) atoms. The van der Waals surface area contributed by atoms with E-state index < -0.39 is 0 Å². The molecule has 0 saturated carbocycles. The molecule has 0 spiro atoms. The summed E-state index contributed by atoms with van der Waals surface area (Å²) in [6.45, 7) is 2.30. The fourth-order valence-electron chi connectivity index (χ4n) is 2.20. The lowest BCUT2D eigenvalue weighted by Crippen LogP contribution is -2.26. The van der Waals surface area contributed by atoms with Crippen LogP contribution in [0.15, 0.2) is 18.2 Å². The van der Waals surface area contributed by atoms with E-state index in [1.54, 1.807) is 14.0 Å². The zero-order valence-electron chi connectivity index (χ0n) is 11.2. The molecule has 0 aliphatic carbocycles. The molecule has 1 heterocycles. The molecule has 1 aliphatic heterocycles. The normalized spacial score (nSPS) is 16.7. The van der Waals surface area contributed by atoms with E-state index >= 15 is 0 Å². The van der Waals surface area contributed by atoms with Crippen LogP contribution >= 0.6 is 0 Å². The van der Waals surface area contributed by atoms with Crippen molar-refractivity contribution in [3.05, 3.63) is 23.8 Å². The number of rotatable bonds is 5. The second-order valence-electron chi connectivity index (χ2n) is 4.49. The lowest BCUT2D eigenvalue weighted by atomic mass is 9.97. The zero-order chi connectivity index (χ0) is 13.8. The van der Waals surface area contributed by atoms with E-state index in [9.17, 15) is 9.59 Å². The third kappa shape index (κ3) is 2.86. The Morgan fingerprint density at radius 2 is 2.26 bits per heavy atom. The molecule has 0 radical (unpaired) electrons. The molecule has 0 aromatic heterocycles. The van der Waals surface area contributed by atoms with Crippen molar-refractivity contribution in [3.63, 3.8) is 0 Å². The van der Waals surface area contributed by atoms with Crippen LogP contribution in [-0.4, -0.2) is 25.5 Å². The summed E-state index contributed by atoms with van der Waals surface area (Å²) in [7, 11) is 1.60. The summed E-state index contributed by atoms with van der Waals surface area (Å²) in [6, 6.07) is 5.54. The maximum absolute atomic E-state index is 11.9. The van der Waals surface area contributed by atoms with Gasteiger partial charge in [0.05, 0.1) is 13.0 Å². The summed E-state index contributed by atoms with van der Waals surface area (Å²) in [5, 5.41) is 5.63. The highest BCUT2D eigenvalue weighted by molar-refractivity contribution is 6.03. The van der Waals surface area contributed by atoms with Crippen LogP contribution in [-0.2, 0) is 9.59 Å². The van der Waals surface area contributed by atoms with E-state index in [1.165, 1.54) is 0 Å². The van der Waals surface area contributed by atoms with Gasteiger partial charge in [-0.1, -0.05) is 6.92 Å². The Balaban J connectivity index is 2.06. The van der Waals surface area contributed by atoms with Crippen molar-refractivity contribution in [2.75, 3.05) is 19.0 Å². The number of hydrogen-bond acceptors (Lipinski definition) is 3. The Kier molecular flexibility index (Phi) is 4.04. The number of fused-ring (bicyclic) bond motifs is 1. The first-order chi connectivity index (χ1) is 9.15. The number of carbonyl (C=O) groups is 2. The summed E-state index contributed by atoms with van der Waals surface area (Å²) in [5.41, 5.74) is 1.77.